The van der Waals surface area contributed by atoms with Crippen molar-refractivity contribution in [3.8, 4) is 5.75 Å². The van der Waals surface area contributed by atoms with Gasteiger partial charge in [-0.1, -0.05) is 28.1 Å². The highest BCUT2D eigenvalue weighted by molar-refractivity contribution is 14.1. The van der Waals surface area contributed by atoms with Gasteiger partial charge >= 0.3 is 3.93 Å². The summed E-state index contributed by atoms with van der Waals surface area (Å²) in [6.45, 7) is 4.31. The monoisotopic (exact) mass is 634 g/mol. The number of hydrogen-bond acceptors (Lipinski definition) is 4. The summed E-state index contributed by atoms with van der Waals surface area (Å²) in [6.07, 6.45) is 0.142. The number of rotatable bonds is 9. The third-order valence-corrected chi connectivity index (χ3v) is 6.49. The molecule has 0 spiro atoms. The Labute approximate surface area is 214 Å². The molecular weight excluding hydrogens is 609 g/mol. The summed E-state index contributed by atoms with van der Waals surface area (Å²) in [5.41, 5.74) is 2.20. The number of nitrogens with zero attached hydrogens (tertiary/aromatic N) is 2. The number of halogens is 4. The van der Waals surface area contributed by atoms with Crippen molar-refractivity contribution in [2.24, 2.45) is 0 Å². The second-order valence-corrected chi connectivity index (χ2v) is 11.3. The number of alkyl halides is 3. The van der Waals surface area contributed by atoms with Crippen LogP contribution in [0.1, 0.15) is 35.3 Å². The molecule has 33 heavy (non-hydrogen) atoms. The van der Waals surface area contributed by atoms with Gasteiger partial charge in [-0.25, -0.2) is 0 Å². The zero-order chi connectivity index (χ0) is 24.6. The molecule has 3 rings (SSSR count). The number of likely N-dealkylation sites (N-methyl/N-ethyl adjacent to an activating group) is 1. The third-order valence-electron chi connectivity index (χ3n) is 5.55. The van der Waals surface area contributed by atoms with E-state index in [0.717, 1.165) is 43.9 Å². The van der Waals surface area contributed by atoms with Crippen molar-refractivity contribution in [3.05, 3.63) is 57.6 Å². The first-order valence-electron chi connectivity index (χ1n) is 10.4. The maximum absolute atomic E-state index is 13.1. The van der Waals surface area contributed by atoms with Crippen molar-refractivity contribution in [1.82, 2.24) is 4.90 Å². The molecule has 0 atom stereocenters. The van der Waals surface area contributed by atoms with Crippen LogP contribution in [0.5, 0.6) is 5.75 Å². The van der Waals surface area contributed by atoms with Crippen LogP contribution >= 0.6 is 38.5 Å². The highest BCUT2D eigenvalue weighted by atomic mass is 127. The minimum Gasteiger partial charge on any atom is -0.486 e. The summed E-state index contributed by atoms with van der Waals surface area (Å²) in [6, 6.07) is 10.1. The van der Waals surface area contributed by atoms with E-state index in [9.17, 15) is 18.4 Å². The Morgan fingerprint density at radius 3 is 2.42 bits per heavy atom. The Kier molecular flexibility index (Phi) is 7.85. The predicted octanol–water partition coefficient (Wildman–Crippen LogP) is 5.47. The van der Waals surface area contributed by atoms with Gasteiger partial charge < -0.3 is 14.5 Å². The Balaban J connectivity index is 1.81. The highest BCUT2D eigenvalue weighted by Crippen LogP contribution is 2.46. The van der Waals surface area contributed by atoms with E-state index in [-0.39, 0.29) is 18.1 Å². The number of carbonyl (C=O) groups excluding carboxylic acids is 2. The number of benzene rings is 2. The average Bonchev–Trinajstić information content (AvgIpc) is 2.91. The summed E-state index contributed by atoms with van der Waals surface area (Å²) in [4.78, 5) is 29.9. The quantitative estimate of drug-likeness (QED) is 0.209. The molecule has 0 N–H and O–H groups in total. The number of hydrogen-bond donors (Lipinski definition) is 0. The number of carbonyl (C=O) groups is 2. The van der Waals surface area contributed by atoms with Gasteiger partial charge in [0, 0.05) is 63.4 Å². The first-order chi connectivity index (χ1) is 15.3. The third kappa shape index (κ3) is 6.10. The summed E-state index contributed by atoms with van der Waals surface area (Å²) in [5, 5.41) is 0. The molecule has 2 aromatic carbocycles. The van der Waals surface area contributed by atoms with Crippen LogP contribution in [0.3, 0.4) is 0 Å². The minimum atomic E-state index is -2.94. The summed E-state index contributed by atoms with van der Waals surface area (Å²) < 4.78 is 28.8. The van der Waals surface area contributed by atoms with Gasteiger partial charge in [-0.05, 0) is 57.8 Å². The lowest BCUT2D eigenvalue weighted by Gasteiger charge is -2.22. The number of Topliss-reactive ketones (excluding diaryl/α,β-unsaturated/α-hetero) is 1. The maximum atomic E-state index is 13.1. The molecule has 1 aliphatic heterocycles. The molecule has 0 saturated carbocycles. The molecule has 0 fully saturated rings. The fraction of sp³-hybridized carbons (Fsp3) is 0.417. The lowest BCUT2D eigenvalue weighted by Crippen LogP contribution is -2.39. The Morgan fingerprint density at radius 1 is 1.21 bits per heavy atom. The van der Waals surface area contributed by atoms with Crippen molar-refractivity contribution in [1.29, 1.82) is 0 Å². The molecule has 1 amide bonds. The Morgan fingerprint density at radius 2 is 1.85 bits per heavy atom. The van der Waals surface area contributed by atoms with Gasteiger partial charge in [0.25, 0.3) is 0 Å². The molecule has 0 aromatic heterocycles. The van der Waals surface area contributed by atoms with E-state index in [4.69, 9.17) is 4.74 Å². The van der Waals surface area contributed by atoms with Gasteiger partial charge in [0.1, 0.15) is 5.75 Å². The van der Waals surface area contributed by atoms with E-state index >= 15 is 0 Å². The fourth-order valence-electron chi connectivity index (χ4n) is 3.82. The van der Waals surface area contributed by atoms with Crippen LogP contribution in [-0.4, -0.2) is 54.3 Å². The number of fused-ring (bicyclic) bond motifs is 1. The van der Waals surface area contributed by atoms with Crippen molar-refractivity contribution in [2.75, 3.05) is 38.7 Å². The summed E-state index contributed by atoms with van der Waals surface area (Å²) >= 11 is 4.61. The van der Waals surface area contributed by atoms with E-state index in [1.165, 1.54) is 0 Å². The lowest BCUT2D eigenvalue weighted by molar-refractivity contribution is -0.122. The van der Waals surface area contributed by atoms with Gasteiger partial charge in [-0.3, -0.25) is 9.59 Å². The molecule has 0 saturated heterocycles. The fourth-order valence-corrected chi connectivity index (χ4v) is 4.92. The van der Waals surface area contributed by atoms with Crippen LogP contribution in [0.4, 0.5) is 14.5 Å². The second kappa shape index (κ2) is 9.95. The lowest BCUT2D eigenvalue weighted by atomic mass is 9.85. The van der Waals surface area contributed by atoms with Crippen molar-refractivity contribution < 1.29 is 23.1 Å². The SMILES string of the molecule is CN(C)CCN1C(=O)C(C)(C)c2c(Br)cc(C(=O)Cc3ccc(OCC(F)(F)I)cc3)cc21. The summed E-state index contributed by atoms with van der Waals surface area (Å²) in [5.74, 6) is 0.230. The van der Waals surface area contributed by atoms with Gasteiger partial charge in [-0.15, -0.1) is 0 Å². The molecule has 0 unspecified atom stereocenters. The van der Waals surface area contributed by atoms with Crippen molar-refractivity contribution in [2.45, 2.75) is 29.6 Å². The number of anilines is 1. The van der Waals surface area contributed by atoms with Gasteiger partial charge in [0.2, 0.25) is 5.91 Å². The molecule has 1 heterocycles. The summed E-state index contributed by atoms with van der Waals surface area (Å²) in [7, 11) is 3.90. The smallest absolute Gasteiger partial charge is 0.329 e. The van der Waals surface area contributed by atoms with Gasteiger partial charge in [-0.2, -0.15) is 8.78 Å². The molecule has 0 aliphatic carbocycles. The Hall–Kier alpha value is -1.59. The van der Waals surface area contributed by atoms with Crippen LogP contribution in [-0.2, 0) is 16.6 Å². The molecule has 2 aromatic rings. The molecular formula is C24H26BrF2IN2O3. The average molecular weight is 635 g/mol. The van der Waals surface area contributed by atoms with Crippen LogP contribution < -0.4 is 9.64 Å². The number of ketones is 1. The van der Waals surface area contributed by atoms with Crippen LogP contribution in [0.15, 0.2) is 40.9 Å². The van der Waals surface area contributed by atoms with E-state index in [2.05, 4.69) is 15.9 Å². The number of ether oxygens (including phenoxy) is 1. The Bertz CT molecular complexity index is 1050. The highest BCUT2D eigenvalue weighted by Gasteiger charge is 2.45. The van der Waals surface area contributed by atoms with Crippen molar-refractivity contribution >= 4 is 55.9 Å². The van der Waals surface area contributed by atoms with Gasteiger partial charge in [0.05, 0.1) is 5.41 Å². The molecule has 0 radical (unpaired) electrons. The van der Waals surface area contributed by atoms with E-state index in [1.54, 1.807) is 41.3 Å². The standard InChI is InChI=1S/C24H26BrF2IN2O3/c1-23(2)21-18(25)12-16(13-19(21)30(22(23)32)10-9-29(3)4)20(31)11-15-5-7-17(8-6-15)33-14-24(26,27)28/h5-8,12-13H,9-11,14H2,1-4H3. The van der Waals surface area contributed by atoms with Crippen LogP contribution in [0.25, 0.3) is 0 Å². The first kappa shape index (κ1) is 26.0. The maximum Gasteiger partial charge on any atom is 0.329 e. The zero-order valence-electron chi connectivity index (χ0n) is 18.9. The molecule has 9 heteroatoms. The van der Waals surface area contributed by atoms with E-state index < -0.39 is 16.0 Å². The van der Waals surface area contributed by atoms with E-state index in [1.807, 2.05) is 32.8 Å². The largest absolute Gasteiger partial charge is 0.486 e. The molecule has 178 valence electrons. The molecule has 0 bridgehead atoms. The second-order valence-electron chi connectivity index (χ2n) is 8.89. The van der Waals surface area contributed by atoms with Crippen LogP contribution in [0.2, 0.25) is 0 Å². The van der Waals surface area contributed by atoms with Crippen LogP contribution in [0, 0.1) is 0 Å². The van der Waals surface area contributed by atoms with Gasteiger partial charge in [0.15, 0.2) is 12.4 Å². The molecule has 1 aliphatic rings. The minimum absolute atomic E-state index is 0.0114. The zero-order valence-corrected chi connectivity index (χ0v) is 22.7. The van der Waals surface area contributed by atoms with Crippen molar-refractivity contribution in [3.63, 3.8) is 0 Å². The molecule has 5 nitrogen and oxygen atoms in total. The normalized spacial score (nSPS) is 15.2. The first-order valence-corrected chi connectivity index (χ1v) is 12.3. The predicted molar refractivity (Wildman–Crippen MR) is 137 cm³/mol. The number of amides is 1. The van der Waals surface area contributed by atoms with E-state index in [0.29, 0.717) is 24.4 Å². The topological polar surface area (TPSA) is 49.9 Å².